The molecule has 0 spiro atoms. The van der Waals surface area contributed by atoms with Crippen molar-refractivity contribution >= 4 is 5.69 Å². The van der Waals surface area contributed by atoms with Crippen LogP contribution in [-0.4, -0.2) is 37.1 Å². The van der Waals surface area contributed by atoms with E-state index in [9.17, 15) is 0 Å². The summed E-state index contributed by atoms with van der Waals surface area (Å²) >= 11 is 0. The molecule has 2 saturated heterocycles. The number of anilines is 1. The zero-order chi connectivity index (χ0) is 12.8. The molecule has 2 heteroatoms. The molecule has 2 aliphatic rings. The molecular formula is C16H24N2. The van der Waals surface area contributed by atoms with Crippen LogP contribution in [0.5, 0.6) is 0 Å². The molecular weight excluding hydrogens is 220 g/mol. The standard InChI is InChI=1S/C16H24N2/c1-16(2,3)13-5-7-14(8-6-13)18-11-15(12-18)17-9-4-10-17/h5-8,15H,4,9-12H2,1-3H3. The van der Waals surface area contributed by atoms with E-state index < -0.39 is 0 Å². The van der Waals surface area contributed by atoms with E-state index in [1.807, 2.05) is 0 Å². The maximum Gasteiger partial charge on any atom is 0.0446 e. The fraction of sp³-hybridized carbons (Fsp3) is 0.625. The third-order valence-electron chi connectivity index (χ3n) is 4.37. The van der Waals surface area contributed by atoms with Gasteiger partial charge in [-0.2, -0.15) is 0 Å². The second-order valence-corrected chi connectivity index (χ2v) is 6.75. The molecule has 98 valence electrons. The average Bonchev–Trinajstić information content (AvgIpc) is 2.19. The highest BCUT2D eigenvalue weighted by Crippen LogP contribution is 2.29. The molecule has 0 radical (unpaired) electrons. The predicted molar refractivity (Wildman–Crippen MR) is 77.3 cm³/mol. The van der Waals surface area contributed by atoms with Gasteiger partial charge in [-0.3, -0.25) is 4.90 Å². The van der Waals surface area contributed by atoms with E-state index >= 15 is 0 Å². The van der Waals surface area contributed by atoms with Gasteiger partial charge in [0.1, 0.15) is 0 Å². The van der Waals surface area contributed by atoms with Crippen LogP contribution in [-0.2, 0) is 5.41 Å². The van der Waals surface area contributed by atoms with Gasteiger partial charge in [-0.1, -0.05) is 32.9 Å². The van der Waals surface area contributed by atoms with Crippen LogP contribution in [0.15, 0.2) is 24.3 Å². The fourth-order valence-corrected chi connectivity index (χ4v) is 2.78. The molecule has 0 bridgehead atoms. The van der Waals surface area contributed by atoms with Crippen molar-refractivity contribution < 1.29 is 0 Å². The molecule has 0 unspecified atom stereocenters. The van der Waals surface area contributed by atoms with Gasteiger partial charge in [-0.15, -0.1) is 0 Å². The largest absolute Gasteiger partial charge is 0.368 e. The average molecular weight is 244 g/mol. The fourth-order valence-electron chi connectivity index (χ4n) is 2.78. The normalized spacial score (nSPS) is 21.6. The molecule has 0 saturated carbocycles. The molecule has 2 heterocycles. The summed E-state index contributed by atoms with van der Waals surface area (Å²) in [4.78, 5) is 5.11. The topological polar surface area (TPSA) is 6.48 Å². The molecule has 1 aromatic rings. The number of hydrogen-bond donors (Lipinski definition) is 0. The van der Waals surface area contributed by atoms with Crippen molar-refractivity contribution in [2.24, 2.45) is 0 Å². The lowest BCUT2D eigenvalue weighted by Gasteiger charge is -2.50. The molecule has 18 heavy (non-hydrogen) atoms. The molecule has 2 aliphatic heterocycles. The monoisotopic (exact) mass is 244 g/mol. The van der Waals surface area contributed by atoms with E-state index in [0.717, 1.165) is 6.04 Å². The maximum absolute atomic E-state index is 2.61. The molecule has 2 nitrogen and oxygen atoms in total. The summed E-state index contributed by atoms with van der Waals surface area (Å²) in [6.45, 7) is 11.9. The molecule has 0 N–H and O–H groups in total. The predicted octanol–water partition coefficient (Wildman–Crippen LogP) is 2.88. The molecule has 0 aromatic heterocycles. The van der Waals surface area contributed by atoms with Gasteiger partial charge in [0.2, 0.25) is 0 Å². The summed E-state index contributed by atoms with van der Waals surface area (Å²) < 4.78 is 0. The molecule has 3 rings (SSSR count). The first-order valence-electron chi connectivity index (χ1n) is 7.13. The van der Waals surface area contributed by atoms with Gasteiger partial charge < -0.3 is 4.90 Å². The Morgan fingerprint density at radius 1 is 1.00 bits per heavy atom. The van der Waals surface area contributed by atoms with Crippen LogP contribution in [0, 0.1) is 0 Å². The maximum atomic E-state index is 2.61. The van der Waals surface area contributed by atoms with Gasteiger partial charge in [0.25, 0.3) is 0 Å². The van der Waals surface area contributed by atoms with Crippen molar-refractivity contribution in [3.05, 3.63) is 29.8 Å². The Bertz CT molecular complexity index is 406. The smallest absolute Gasteiger partial charge is 0.0446 e. The minimum atomic E-state index is 0.258. The minimum Gasteiger partial charge on any atom is -0.368 e. The van der Waals surface area contributed by atoms with Crippen LogP contribution < -0.4 is 4.90 Å². The first kappa shape index (κ1) is 12.0. The summed E-state index contributed by atoms with van der Waals surface area (Å²) in [5.41, 5.74) is 3.07. The molecule has 0 amide bonds. The zero-order valence-corrected chi connectivity index (χ0v) is 11.8. The Morgan fingerprint density at radius 3 is 2.06 bits per heavy atom. The van der Waals surface area contributed by atoms with Crippen LogP contribution in [0.1, 0.15) is 32.8 Å². The molecule has 0 atom stereocenters. The highest BCUT2D eigenvalue weighted by molar-refractivity contribution is 5.51. The zero-order valence-electron chi connectivity index (χ0n) is 11.8. The Hall–Kier alpha value is -1.02. The number of rotatable bonds is 2. The van der Waals surface area contributed by atoms with Gasteiger partial charge in [0.05, 0.1) is 0 Å². The van der Waals surface area contributed by atoms with E-state index in [2.05, 4.69) is 54.8 Å². The van der Waals surface area contributed by atoms with Gasteiger partial charge in [-0.05, 0) is 42.6 Å². The van der Waals surface area contributed by atoms with Gasteiger partial charge in [0, 0.05) is 24.8 Å². The Balaban J connectivity index is 1.61. The highest BCUT2D eigenvalue weighted by atomic mass is 15.3. The van der Waals surface area contributed by atoms with Crippen molar-refractivity contribution in [3.63, 3.8) is 0 Å². The van der Waals surface area contributed by atoms with E-state index in [1.165, 1.54) is 43.9 Å². The van der Waals surface area contributed by atoms with Crippen molar-refractivity contribution in [2.45, 2.75) is 38.6 Å². The number of benzene rings is 1. The third-order valence-corrected chi connectivity index (χ3v) is 4.37. The van der Waals surface area contributed by atoms with Crippen molar-refractivity contribution in [1.82, 2.24) is 4.90 Å². The van der Waals surface area contributed by atoms with E-state index in [4.69, 9.17) is 0 Å². The van der Waals surface area contributed by atoms with Crippen LogP contribution in [0.2, 0.25) is 0 Å². The second kappa shape index (κ2) is 4.27. The lowest BCUT2D eigenvalue weighted by molar-refractivity contribution is 0.0977. The Kier molecular flexibility index (Phi) is 2.86. The summed E-state index contributed by atoms with van der Waals surface area (Å²) in [7, 11) is 0. The van der Waals surface area contributed by atoms with Crippen LogP contribution in [0.4, 0.5) is 5.69 Å². The number of nitrogens with zero attached hydrogens (tertiary/aromatic N) is 2. The first-order chi connectivity index (χ1) is 8.54. The number of likely N-dealkylation sites (tertiary alicyclic amines) is 1. The lowest BCUT2D eigenvalue weighted by atomic mass is 9.87. The van der Waals surface area contributed by atoms with Crippen LogP contribution in [0.25, 0.3) is 0 Å². The van der Waals surface area contributed by atoms with Crippen molar-refractivity contribution in [3.8, 4) is 0 Å². The molecule has 2 fully saturated rings. The quantitative estimate of drug-likeness (QED) is 0.789. The van der Waals surface area contributed by atoms with E-state index in [1.54, 1.807) is 0 Å². The Labute approximate surface area is 111 Å². The van der Waals surface area contributed by atoms with E-state index in [-0.39, 0.29) is 5.41 Å². The van der Waals surface area contributed by atoms with Crippen LogP contribution >= 0.6 is 0 Å². The summed E-state index contributed by atoms with van der Waals surface area (Å²) in [5.74, 6) is 0. The first-order valence-corrected chi connectivity index (χ1v) is 7.13. The van der Waals surface area contributed by atoms with E-state index in [0.29, 0.717) is 0 Å². The minimum absolute atomic E-state index is 0.258. The third kappa shape index (κ3) is 2.14. The van der Waals surface area contributed by atoms with Gasteiger partial charge in [-0.25, -0.2) is 0 Å². The highest BCUT2D eigenvalue weighted by Gasteiger charge is 2.34. The lowest BCUT2D eigenvalue weighted by Crippen LogP contribution is -2.62. The molecule has 1 aromatic carbocycles. The SMILES string of the molecule is CC(C)(C)c1ccc(N2CC(N3CCC3)C2)cc1. The van der Waals surface area contributed by atoms with Crippen LogP contribution in [0.3, 0.4) is 0 Å². The summed E-state index contributed by atoms with van der Waals surface area (Å²) in [6, 6.07) is 9.96. The summed E-state index contributed by atoms with van der Waals surface area (Å²) in [6.07, 6.45) is 1.40. The Morgan fingerprint density at radius 2 is 1.61 bits per heavy atom. The summed E-state index contributed by atoms with van der Waals surface area (Å²) in [5, 5.41) is 0. The van der Waals surface area contributed by atoms with Gasteiger partial charge >= 0.3 is 0 Å². The van der Waals surface area contributed by atoms with Crippen molar-refractivity contribution in [1.29, 1.82) is 0 Å². The van der Waals surface area contributed by atoms with Crippen molar-refractivity contribution in [2.75, 3.05) is 31.1 Å². The van der Waals surface area contributed by atoms with Gasteiger partial charge in [0.15, 0.2) is 0 Å². The second-order valence-electron chi connectivity index (χ2n) is 6.75. The number of hydrogen-bond acceptors (Lipinski definition) is 2. The molecule has 0 aliphatic carbocycles.